The molecule has 0 saturated heterocycles. The Morgan fingerprint density at radius 3 is 1.75 bits per heavy atom. The highest BCUT2D eigenvalue weighted by molar-refractivity contribution is 4.97. The van der Waals surface area contributed by atoms with Crippen molar-refractivity contribution in [2.45, 2.75) is 31.1 Å². The number of halogens is 8. The summed E-state index contributed by atoms with van der Waals surface area (Å²) in [5.74, 6) is -17.7. The Kier molecular flexibility index (Phi) is 4.55. The molecule has 0 aliphatic carbocycles. The van der Waals surface area contributed by atoms with Gasteiger partial charge in [-0.15, -0.1) is 0 Å². The smallest absolute Gasteiger partial charge is 0.375 e. The van der Waals surface area contributed by atoms with E-state index in [1.807, 2.05) is 0 Å². The lowest BCUT2D eigenvalue weighted by atomic mass is 10.1. The third-order valence-electron chi connectivity index (χ3n) is 1.64. The number of ether oxygens (including phenoxy) is 1. The average molecular weight is 260 g/mol. The first kappa shape index (κ1) is 15.4. The molecule has 0 radical (unpaired) electrons. The second-order valence-electron chi connectivity index (χ2n) is 2.84. The van der Waals surface area contributed by atoms with E-state index in [0.717, 1.165) is 6.92 Å². The van der Waals surface area contributed by atoms with Gasteiger partial charge >= 0.3 is 24.2 Å². The van der Waals surface area contributed by atoms with Crippen LogP contribution in [0.3, 0.4) is 0 Å². The molecule has 0 aromatic rings. The highest BCUT2D eigenvalue weighted by Crippen LogP contribution is 2.48. The van der Waals surface area contributed by atoms with Crippen molar-refractivity contribution >= 4 is 0 Å². The summed E-state index contributed by atoms with van der Waals surface area (Å²) in [6.07, 6.45) is -4.89. The van der Waals surface area contributed by atoms with Crippen LogP contribution in [0.5, 0.6) is 0 Å². The minimum Gasteiger partial charge on any atom is -0.375 e. The summed E-state index contributed by atoms with van der Waals surface area (Å²) in [5, 5.41) is 0. The third-order valence-corrected chi connectivity index (χ3v) is 1.64. The molecule has 0 amide bonds. The minimum absolute atomic E-state index is 0.439. The van der Waals surface area contributed by atoms with Crippen LogP contribution in [0.1, 0.15) is 6.92 Å². The van der Waals surface area contributed by atoms with E-state index in [0.29, 0.717) is 0 Å². The lowest BCUT2D eigenvalue weighted by molar-refractivity contribution is -0.345. The molecule has 98 valence electrons. The van der Waals surface area contributed by atoms with Gasteiger partial charge in [-0.3, -0.25) is 0 Å². The molecule has 0 saturated carbocycles. The fourth-order valence-electron chi connectivity index (χ4n) is 0.702. The van der Waals surface area contributed by atoms with Crippen LogP contribution in [0.4, 0.5) is 35.1 Å². The van der Waals surface area contributed by atoms with Crippen molar-refractivity contribution in [1.29, 1.82) is 0 Å². The van der Waals surface area contributed by atoms with Gasteiger partial charge in [0.05, 0.1) is 0 Å². The molecule has 0 rings (SSSR count). The predicted octanol–water partition coefficient (Wildman–Crippen LogP) is 3.19. The Hall–Kier alpha value is -0.600. The zero-order chi connectivity index (χ0) is 13.2. The molecule has 0 fully saturated rings. The van der Waals surface area contributed by atoms with Crippen LogP contribution in [-0.2, 0) is 4.74 Å². The third kappa shape index (κ3) is 2.55. The number of hydrogen-bond acceptors (Lipinski definition) is 1. The van der Waals surface area contributed by atoms with Gasteiger partial charge in [0, 0.05) is 6.61 Å². The van der Waals surface area contributed by atoms with Crippen molar-refractivity contribution in [1.82, 2.24) is 0 Å². The van der Waals surface area contributed by atoms with Gasteiger partial charge in [-0.2, -0.15) is 26.3 Å². The Bertz CT molecular complexity index is 226. The van der Waals surface area contributed by atoms with Crippen LogP contribution in [0.15, 0.2) is 0 Å². The second kappa shape index (κ2) is 4.72. The van der Waals surface area contributed by atoms with Crippen molar-refractivity contribution in [2.24, 2.45) is 0 Å². The lowest BCUT2D eigenvalue weighted by Crippen LogP contribution is -2.59. The van der Waals surface area contributed by atoms with E-state index in [9.17, 15) is 35.1 Å². The predicted molar refractivity (Wildman–Crippen MR) is 37.3 cm³/mol. The maximum atomic E-state index is 12.6. The lowest BCUT2D eigenvalue weighted by Gasteiger charge is -2.31. The Labute approximate surface area is 85.4 Å². The maximum absolute atomic E-state index is 12.6. The van der Waals surface area contributed by atoms with E-state index in [4.69, 9.17) is 0 Å². The second-order valence-corrected chi connectivity index (χ2v) is 2.84. The van der Waals surface area contributed by atoms with Crippen LogP contribution < -0.4 is 0 Å². The Balaban J connectivity index is 5.01. The van der Waals surface area contributed by atoms with Gasteiger partial charge < -0.3 is 4.74 Å². The summed E-state index contributed by atoms with van der Waals surface area (Å²) in [4.78, 5) is 0. The molecule has 0 bridgehead atoms. The molecule has 1 nitrogen and oxygen atoms in total. The summed E-state index contributed by atoms with van der Waals surface area (Å²) in [6, 6.07) is 0. The summed E-state index contributed by atoms with van der Waals surface area (Å²) in [7, 11) is 0. The number of rotatable bonds is 6. The molecule has 0 aromatic heterocycles. The van der Waals surface area contributed by atoms with E-state index >= 15 is 0 Å². The van der Waals surface area contributed by atoms with Gasteiger partial charge in [0.15, 0.2) is 0 Å². The SMILES string of the molecule is CCOCC(F)(F)C(F)(F)C(F)(F)C(F)F. The Morgan fingerprint density at radius 1 is 1.00 bits per heavy atom. The van der Waals surface area contributed by atoms with Crippen LogP contribution >= 0.6 is 0 Å². The van der Waals surface area contributed by atoms with Crippen molar-refractivity contribution in [2.75, 3.05) is 13.2 Å². The monoisotopic (exact) mass is 260 g/mol. The summed E-state index contributed by atoms with van der Waals surface area (Å²) >= 11 is 0. The van der Waals surface area contributed by atoms with Crippen molar-refractivity contribution in [3.63, 3.8) is 0 Å². The van der Waals surface area contributed by atoms with Crippen LogP contribution in [0, 0.1) is 0 Å². The Morgan fingerprint density at radius 2 is 1.44 bits per heavy atom. The van der Waals surface area contributed by atoms with Crippen molar-refractivity contribution in [3.05, 3.63) is 0 Å². The quantitative estimate of drug-likeness (QED) is 0.666. The normalized spacial score (nSPS) is 14.6. The van der Waals surface area contributed by atoms with Gasteiger partial charge in [0.2, 0.25) is 0 Å². The topological polar surface area (TPSA) is 9.23 Å². The molecule has 0 aliphatic rings. The van der Waals surface area contributed by atoms with Crippen molar-refractivity contribution in [3.8, 4) is 0 Å². The summed E-state index contributed by atoms with van der Waals surface area (Å²) in [6.45, 7) is -1.34. The molecule has 16 heavy (non-hydrogen) atoms. The summed E-state index contributed by atoms with van der Waals surface area (Å²) in [5.41, 5.74) is 0. The van der Waals surface area contributed by atoms with E-state index in [-0.39, 0.29) is 0 Å². The molecule has 0 N–H and O–H groups in total. The molecule has 0 heterocycles. The van der Waals surface area contributed by atoms with Gasteiger partial charge in [0.25, 0.3) is 0 Å². The molecular formula is C7H8F8O. The van der Waals surface area contributed by atoms with Gasteiger partial charge in [0.1, 0.15) is 6.61 Å². The highest BCUT2D eigenvalue weighted by Gasteiger charge is 2.75. The van der Waals surface area contributed by atoms with Gasteiger partial charge in [-0.1, -0.05) is 0 Å². The van der Waals surface area contributed by atoms with Crippen LogP contribution in [0.25, 0.3) is 0 Å². The molecule has 9 heteroatoms. The zero-order valence-electron chi connectivity index (χ0n) is 7.92. The first-order valence-corrected chi connectivity index (χ1v) is 4.00. The molecule has 0 aromatic carbocycles. The fourth-order valence-corrected chi connectivity index (χ4v) is 0.702. The average Bonchev–Trinajstić information content (AvgIpc) is 2.13. The number of alkyl halides is 8. The van der Waals surface area contributed by atoms with E-state index in [1.165, 1.54) is 0 Å². The van der Waals surface area contributed by atoms with Crippen molar-refractivity contribution < 1.29 is 39.9 Å². The van der Waals surface area contributed by atoms with Gasteiger partial charge in [-0.05, 0) is 6.92 Å². The van der Waals surface area contributed by atoms with E-state index in [2.05, 4.69) is 4.74 Å². The minimum atomic E-state index is -6.18. The fraction of sp³-hybridized carbons (Fsp3) is 1.00. The maximum Gasteiger partial charge on any atom is 0.380 e. The van der Waals surface area contributed by atoms with E-state index in [1.54, 1.807) is 0 Å². The number of hydrogen-bond donors (Lipinski definition) is 0. The molecular weight excluding hydrogens is 252 g/mol. The molecule has 0 aliphatic heterocycles. The van der Waals surface area contributed by atoms with Crippen LogP contribution in [-0.4, -0.2) is 37.4 Å². The largest absolute Gasteiger partial charge is 0.380 e. The zero-order valence-corrected chi connectivity index (χ0v) is 7.92. The summed E-state index contributed by atoms with van der Waals surface area (Å²) < 4.78 is 101. The first-order valence-electron chi connectivity index (χ1n) is 4.00. The van der Waals surface area contributed by atoms with Gasteiger partial charge in [-0.25, -0.2) is 8.78 Å². The van der Waals surface area contributed by atoms with E-state index < -0.39 is 37.4 Å². The first-order chi connectivity index (χ1) is 7.00. The highest BCUT2D eigenvalue weighted by atomic mass is 19.4. The molecule has 0 unspecified atom stereocenters. The standard InChI is InChI=1S/C7H8F8O/c1-2-16-3-5(10,11)7(14,15)6(12,13)4(8)9/h4H,2-3H2,1H3. The molecule has 0 atom stereocenters. The van der Waals surface area contributed by atoms with Crippen LogP contribution in [0.2, 0.25) is 0 Å². The molecule has 0 spiro atoms.